The molecule has 2 heterocycles. The SMILES string of the molecule is c1cc(CNC2=NCCCN2)cc(OC2CCCC2)n1. The number of aromatic nitrogens is 1. The quantitative estimate of drug-likeness (QED) is 0.879. The second kappa shape index (κ2) is 6.59. The van der Waals surface area contributed by atoms with Crippen molar-refractivity contribution in [3.05, 3.63) is 23.9 Å². The van der Waals surface area contributed by atoms with E-state index in [0.717, 1.165) is 50.7 Å². The third-order valence-electron chi connectivity index (χ3n) is 3.75. The van der Waals surface area contributed by atoms with E-state index in [1.807, 2.05) is 18.3 Å². The van der Waals surface area contributed by atoms with Crippen molar-refractivity contribution in [1.29, 1.82) is 0 Å². The molecule has 108 valence electrons. The maximum Gasteiger partial charge on any atom is 0.213 e. The zero-order valence-corrected chi connectivity index (χ0v) is 11.8. The van der Waals surface area contributed by atoms with Crippen LogP contribution in [-0.4, -0.2) is 30.1 Å². The molecular formula is C15H22N4O. The van der Waals surface area contributed by atoms with Crippen LogP contribution in [0.25, 0.3) is 0 Å². The van der Waals surface area contributed by atoms with Gasteiger partial charge in [-0.3, -0.25) is 4.99 Å². The van der Waals surface area contributed by atoms with Gasteiger partial charge in [0.1, 0.15) is 6.10 Å². The lowest BCUT2D eigenvalue weighted by molar-refractivity contribution is 0.201. The highest BCUT2D eigenvalue weighted by atomic mass is 16.5. The minimum absolute atomic E-state index is 0.357. The van der Waals surface area contributed by atoms with Gasteiger partial charge >= 0.3 is 0 Å². The van der Waals surface area contributed by atoms with Crippen molar-refractivity contribution in [3.8, 4) is 5.88 Å². The maximum atomic E-state index is 5.92. The van der Waals surface area contributed by atoms with Gasteiger partial charge in [-0.2, -0.15) is 0 Å². The van der Waals surface area contributed by atoms with Gasteiger partial charge in [-0.15, -0.1) is 0 Å². The van der Waals surface area contributed by atoms with E-state index in [1.54, 1.807) is 0 Å². The van der Waals surface area contributed by atoms with Crippen LogP contribution in [-0.2, 0) is 6.54 Å². The summed E-state index contributed by atoms with van der Waals surface area (Å²) in [6.45, 7) is 2.65. The monoisotopic (exact) mass is 274 g/mol. The number of hydrogen-bond acceptors (Lipinski definition) is 5. The molecule has 0 spiro atoms. The second-order valence-corrected chi connectivity index (χ2v) is 5.39. The average molecular weight is 274 g/mol. The molecule has 1 aromatic heterocycles. The highest BCUT2D eigenvalue weighted by Gasteiger charge is 2.17. The van der Waals surface area contributed by atoms with Gasteiger partial charge in [0, 0.05) is 31.9 Å². The Hall–Kier alpha value is -1.78. The summed E-state index contributed by atoms with van der Waals surface area (Å²) in [6.07, 6.45) is 8.15. The van der Waals surface area contributed by atoms with E-state index in [4.69, 9.17) is 4.74 Å². The van der Waals surface area contributed by atoms with Crippen LogP contribution in [0.1, 0.15) is 37.7 Å². The molecule has 1 fully saturated rings. The van der Waals surface area contributed by atoms with Crippen LogP contribution in [0.4, 0.5) is 0 Å². The Morgan fingerprint density at radius 3 is 3.00 bits per heavy atom. The Labute approximate surface area is 119 Å². The lowest BCUT2D eigenvalue weighted by atomic mass is 10.2. The smallest absolute Gasteiger partial charge is 0.213 e. The summed E-state index contributed by atoms with van der Waals surface area (Å²) in [5, 5.41) is 6.57. The van der Waals surface area contributed by atoms with E-state index in [1.165, 1.54) is 18.4 Å². The predicted octanol–water partition coefficient (Wildman–Crippen LogP) is 1.84. The van der Waals surface area contributed by atoms with Gasteiger partial charge in [0.05, 0.1) is 0 Å². The van der Waals surface area contributed by atoms with Crippen molar-refractivity contribution in [2.75, 3.05) is 13.1 Å². The molecule has 0 radical (unpaired) electrons. The maximum absolute atomic E-state index is 5.92. The Kier molecular flexibility index (Phi) is 4.35. The van der Waals surface area contributed by atoms with Crippen LogP contribution in [0.3, 0.4) is 0 Å². The summed E-state index contributed by atoms with van der Waals surface area (Å²) < 4.78 is 5.92. The zero-order valence-electron chi connectivity index (χ0n) is 11.8. The first-order valence-electron chi connectivity index (χ1n) is 7.54. The van der Waals surface area contributed by atoms with Gasteiger partial charge in [0.25, 0.3) is 0 Å². The van der Waals surface area contributed by atoms with Crippen molar-refractivity contribution >= 4 is 5.96 Å². The fourth-order valence-corrected chi connectivity index (χ4v) is 2.64. The first kappa shape index (κ1) is 13.2. The van der Waals surface area contributed by atoms with E-state index in [-0.39, 0.29) is 0 Å². The molecular weight excluding hydrogens is 252 g/mol. The lowest BCUT2D eigenvalue weighted by Gasteiger charge is -2.16. The van der Waals surface area contributed by atoms with Gasteiger partial charge < -0.3 is 15.4 Å². The van der Waals surface area contributed by atoms with Crippen molar-refractivity contribution in [2.24, 2.45) is 4.99 Å². The van der Waals surface area contributed by atoms with Gasteiger partial charge in [0.15, 0.2) is 5.96 Å². The minimum atomic E-state index is 0.357. The van der Waals surface area contributed by atoms with Crippen LogP contribution in [0, 0.1) is 0 Å². The van der Waals surface area contributed by atoms with Crippen molar-refractivity contribution in [1.82, 2.24) is 15.6 Å². The highest BCUT2D eigenvalue weighted by Crippen LogP contribution is 2.23. The number of rotatable bonds is 4. The Morgan fingerprint density at radius 1 is 1.30 bits per heavy atom. The molecule has 0 amide bonds. The number of nitrogens with zero attached hydrogens (tertiary/aromatic N) is 2. The summed E-state index contributed by atoms with van der Waals surface area (Å²) in [5.74, 6) is 1.64. The van der Waals surface area contributed by atoms with Crippen molar-refractivity contribution in [2.45, 2.75) is 44.8 Å². The van der Waals surface area contributed by atoms with E-state index in [0.29, 0.717) is 6.10 Å². The fourth-order valence-electron chi connectivity index (χ4n) is 2.64. The molecule has 1 saturated carbocycles. The third-order valence-corrected chi connectivity index (χ3v) is 3.75. The molecule has 0 aromatic carbocycles. The molecule has 1 aliphatic heterocycles. The van der Waals surface area contributed by atoms with Crippen LogP contribution in [0.5, 0.6) is 5.88 Å². The summed E-state index contributed by atoms with van der Waals surface area (Å²) in [7, 11) is 0. The Morgan fingerprint density at radius 2 is 2.20 bits per heavy atom. The Balaban J connectivity index is 1.54. The predicted molar refractivity (Wildman–Crippen MR) is 78.9 cm³/mol. The molecule has 5 nitrogen and oxygen atoms in total. The molecule has 1 aromatic rings. The van der Waals surface area contributed by atoms with Crippen molar-refractivity contribution < 1.29 is 4.74 Å². The molecule has 3 rings (SSSR count). The molecule has 0 saturated heterocycles. The molecule has 0 bridgehead atoms. The van der Waals surface area contributed by atoms with Crippen LogP contribution in [0.15, 0.2) is 23.3 Å². The van der Waals surface area contributed by atoms with E-state index in [2.05, 4.69) is 20.6 Å². The number of guanidine groups is 1. The standard InChI is InChI=1S/C15H22N4O/c1-2-5-13(4-1)20-14-10-12(6-9-16-14)11-19-15-17-7-3-8-18-15/h6,9-10,13H,1-5,7-8,11H2,(H2,17,18,19). The van der Waals surface area contributed by atoms with Crippen LogP contribution in [0.2, 0.25) is 0 Å². The number of hydrogen-bond donors (Lipinski definition) is 2. The largest absolute Gasteiger partial charge is 0.474 e. The van der Waals surface area contributed by atoms with Crippen molar-refractivity contribution in [3.63, 3.8) is 0 Å². The summed E-state index contributed by atoms with van der Waals surface area (Å²) in [6, 6.07) is 4.03. The van der Waals surface area contributed by atoms with Gasteiger partial charge in [-0.25, -0.2) is 4.98 Å². The molecule has 20 heavy (non-hydrogen) atoms. The zero-order chi connectivity index (χ0) is 13.6. The van der Waals surface area contributed by atoms with Gasteiger partial charge in [-0.1, -0.05) is 0 Å². The highest BCUT2D eigenvalue weighted by molar-refractivity contribution is 5.80. The number of ether oxygens (including phenoxy) is 1. The van der Waals surface area contributed by atoms with Crippen LogP contribution >= 0.6 is 0 Å². The third kappa shape index (κ3) is 3.62. The van der Waals surface area contributed by atoms with E-state index in [9.17, 15) is 0 Å². The number of nitrogens with one attached hydrogen (secondary N) is 2. The summed E-state index contributed by atoms with van der Waals surface area (Å²) >= 11 is 0. The first-order valence-corrected chi connectivity index (χ1v) is 7.54. The molecule has 5 heteroatoms. The molecule has 1 aliphatic carbocycles. The Bertz CT molecular complexity index is 469. The molecule has 2 aliphatic rings. The van der Waals surface area contributed by atoms with E-state index >= 15 is 0 Å². The molecule has 2 N–H and O–H groups in total. The fraction of sp³-hybridized carbons (Fsp3) is 0.600. The average Bonchev–Trinajstić information content (AvgIpc) is 3.00. The first-order chi connectivity index (χ1) is 9.90. The summed E-state index contributed by atoms with van der Waals surface area (Å²) in [5.41, 5.74) is 1.17. The van der Waals surface area contributed by atoms with Gasteiger partial charge in [-0.05, 0) is 43.7 Å². The van der Waals surface area contributed by atoms with Crippen LogP contribution < -0.4 is 15.4 Å². The topological polar surface area (TPSA) is 58.5 Å². The molecule has 0 atom stereocenters. The van der Waals surface area contributed by atoms with E-state index < -0.39 is 0 Å². The van der Waals surface area contributed by atoms with Gasteiger partial charge in [0.2, 0.25) is 5.88 Å². The second-order valence-electron chi connectivity index (χ2n) is 5.39. The lowest BCUT2D eigenvalue weighted by Crippen LogP contribution is -2.40. The minimum Gasteiger partial charge on any atom is -0.474 e. The molecule has 0 unspecified atom stereocenters. The number of pyridine rings is 1. The normalized spacial score (nSPS) is 19.3. The number of aliphatic imine (C=N–C) groups is 1. The summed E-state index contributed by atoms with van der Waals surface area (Å²) in [4.78, 5) is 8.70.